The van der Waals surface area contributed by atoms with Crippen molar-refractivity contribution in [2.75, 3.05) is 0 Å². The van der Waals surface area contributed by atoms with Crippen LogP contribution < -0.4 is 34.7 Å². The smallest absolute Gasteiger partial charge is 0.849 e. The maximum absolute atomic E-state index is 12.6. The first-order chi connectivity index (χ1) is 6.22. The molecule has 74 valence electrons. The van der Waals surface area contributed by atoms with Gasteiger partial charge in [0.2, 0.25) is 0 Å². The molecule has 2 heteroatoms. The van der Waals surface area contributed by atoms with Gasteiger partial charge in [-0.25, -0.2) is 0 Å². The largest absolute Gasteiger partial charge is 1.00 e. The van der Waals surface area contributed by atoms with Crippen molar-refractivity contribution in [1.29, 1.82) is 0 Å². The van der Waals surface area contributed by atoms with Crippen LogP contribution in [0.1, 0.15) is 45.4 Å². The van der Waals surface area contributed by atoms with E-state index in [1.807, 2.05) is 0 Å². The third-order valence-corrected chi connectivity index (χ3v) is 5.07. The molecule has 0 N–H and O–H groups in total. The molecule has 1 nitrogen and oxygen atoms in total. The average molecular weight is 202 g/mol. The van der Waals surface area contributed by atoms with Gasteiger partial charge in [0.25, 0.3) is 0 Å². The Hall–Kier alpha value is 0.960. The van der Waals surface area contributed by atoms with Crippen LogP contribution in [-0.2, 0) is 0 Å². The van der Waals surface area contributed by atoms with Crippen molar-refractivity contribution in [2.45, 2.75) is 51.0 Å². The van der Waals surface area contributed by atoms with Gasteiger partial charge in [0.1, 0.15) is 0 Å². The Kier molecular flexibility index (Phi) is 3.08. The molecule has 0 heterocycles. The average Bonchev–Trinajstić information content (AvgIpc) is 2.13. The number of hydrogen-bond donors (Lipinski definition) is 0. The second kappa shape index (κ2) is 3.76. The first-order valence-electron chi connectivity index (χ1n) is 5.92. The van der Waals surface area contributed by atoms with Crippen molar-refractivity contribution in [3.63, 3.8) is 0 Å². The topological polar surface area (TPSA) is 23.1 Å². The monoisotopic (exact) mass is 202 g/mol. The summed E-state index contributed by atoms with van der Waals surface area (Å²) in [4.78, 5) is 0. The minimum absolute atomic E-state index is 0. The van der Waals surface area contributed by atoms with E-state index in [0.717, 1.165) is 18.3 Å². The fourth-order valence-electron chi connectivity index (χ4n) is 4.56. The molecule has 4 bridgehead atoms. The van der Waals surface area contributed by atoms with Gasteiger partial charge < -0.3 is 5.11 Å². The van der Waals surface area contributed by atoms with Crippen LogP contribution in [-0.4, -0.2) is 5.60 Å². The first-order valence-corrected chi connectivity index (χ1v) is 5.92. The van der Waals surface area contributed by atoms with E-state index in [2.05, 4.69) is 6.92 Å². The molecule has 0 aromatic heterocycles. The molecule has 0 spiro atoms. The summed E-state index contributed by atoms with van der Waals surface area (Å²) >= 11 is 0. The minimum atomic E-state index is -0.507. The standard InChI is InChI=1S/C12H19O.Na/c1-2-12(13)10-4-8-3-9(6-10)7-11(12)5-8;/h8-11H,2-7H2,1H3;/q-1;+1. The van der Waals surface area contributed by atoms with E-state index in [9.17, 15) is 5.11 Å². The summed E-state index contributed by atoms with van der Waals surface area (Å²) in [7, 11) is 0. The van der Waals surface area contributed by atoms with E-state index >= 15 is 0 Å². The molecule has 0 atom stereocenters. The molecule has 0 aromatic rings. The molecule has 4 saturated carbocycles. The summed E-state index contributed by atoms with van der Waals surface area (Å²) in [5.41, 5.74) is -0.507. The zero-order valence-corrected chi connectivity index (χ0v) is 11.5. The van der Waals surface area contributed by atoms with Crippen molar-refractivity contribution in [3.05, 3.63) is 0 Å². The predicted octanol–water partition coefficient (Wildman–Crippen LogP) is -1.04. The summed E-state index contributed by atoms with van der Waals surface area (Å²) in [6.07, 6.45) is 7.40. The SMILES string of the molecule is CCC1([O-])C2CC3CC(C2)CC1C3.[Na+]. The van der Waals surface area contributed by atoms with Gasteiger partial charge in [0, 0.05) is 0 Å². The molecule has 0 radical (unpaired) electrons. The third kappa shape index (κ3) is 1.43. The molecule has 4 fully saturated rings. The van der Waals surface area contributed by atoms with E-state index in [1.54, 1.807) is 0 Å². The molecule has 4 aliphatic carbocycles. The van der Waals surface area contributed by atoms with Gasteiger partial charge in [-0.3, -0.25) is 0 Å². The second-order valence-electron chi connectivity index (χ2n) is 5.61. The molecular weight excluding hydrogens is 183 g/mol. The van der Waals surface area contributed by atoms with Crippen LogP contribution in [0.4, 0.5) is 0 Å². The zero-order valence-electron chi connectivity index (χ0n) is 9.46. The van der Waals surface area contributed by atoms with Crippen LogP contribution in [0.25, 0.3) is 0 Å². The molecule has 0 saturated heterocycles. The number of hydrogen-bond acceptors (Lipinski definition) is 1. The fraction of sp³-hybridized carbons (Fsp3) is 1.00. The molecule has 0 aromatic carbocycles. The Morgan fingerprint density at radius 1 is 1.00 bits per heavy atom. The maximum atomic E-state index is 12.6. The first kappa shape index (κ1) is 11.4. The minimum Gasteiger partial charge on any atom is -0.849 e. The van der Waals surface area contributed by atoms with Crippen LogP contribution in [0.15, 0.2) is 0 Å². The van der Waals surface area contributed by atoms with Gasteiger partial charge in [0.05, 0.1) is 0 Å². The van der Waals surface area contributed by atoms with E-state index < -0.39 is 5.60 Å². The fourth-order valence-corrected chi connectivity index (χ4v) is 4.56. The van der Waals surface area contributed by atoms with Crippen LogP contribution >= 0.6 is 0 Å². The van der Waals surface area contributed by atoms with Crippen LogP contribution in [0.3, 0.4) is 0 Å². The van der Waals surface area contributed by atoms with Gasteiger partial charge >= 0.3 is 29.6 Å². The predicted molar refractivity (Wildman–Crippen MR) is 50.1 cm³/mol. The second-order valence-corrected chi connectivity index (χ2v) is 5.61. The van der Waals surface area contributed by atoms with Gasteiger partial charge in [-0.15, -0.1) is 5.60 Å². The maximum Gasteiger partial charge on any atom is 1.00 e. The Balaban J connectivity index is 0.000000750. The van der Waals surface area contributed by atoms with Crippen molar-refractivity contribution in [3.8, 4) is 0 Å². The van der Waals surface area contributed by atoms with Crippen molar-refractivity contribution in [2.24, 2.45) is 23.7 Å². The van der Waals surface area contributed by atoms with Gasteiger partial charge in [-0.1, -0.05) is 25.2 Å². The van der Waals surface area contributed by atoms with Crippen LogP contribution in [0, 0.1) is 23.7 Å². The van der Waals surface area contributed by atoms with Crippen molar-refractivity contribution in [1.82, 2.24) is 0 Å². The Labute approximate surface area is 109 Å². The van der Waals surface area contributed by atoms with Gasteiger partial charge in [-0.05, 0) is 43.9 Å². The summed E-state index contributed by atoms with van der Waals surface area (Å²) in [5, 5.41) is 12.6. The van der Waals surface area contributed by atoms with Crippen LogP contribution in [0.2, 0.25) is 0 Å². The van der Waals surface area contributed by atoms with Gasteiger partial charge in [0.15, 0.2) is 0 Å². The molecule has 0 amide bonds. The van der Waals surface area contributed by atoms with E-state index in [0.29, 0.717) is 11.8 Å². The van der Waals surface area contributed by atoms with Crippen LogP contribution in [0.5, 0.6) is 0 Å². The van der Waals surface area contributed by atoms with E-state index in [1.165, 1.54) is 32.1 Å². The Bertz CT molecular complexity index is 198. The van der Waals surface area contributed by atoms with E-state index in [4.69, 9.17) is 0 Å². The molecule has 14 heavy (non-hydrogen) atoms. The molecule has 4 aliphatic rings. The third-order valence-electron chi connectivity index (χ3n) is 5.07. The Morgan fingerprint density at radius 3 is 1.79 bits per heavy atom. The summed E-state index contributed by atoms with van der Waals surface area (Å²) in [6.45, 7) is 2.11. The molecular formula is C12H19NaO. The Morgan fingerprint density at radius 2 is 1.43 bits per heavy atom. The van der Waals surface area contributed by atoms with Crippen molar-refractivity contribution < 1.29 is 34.7 Å². The number of rotatable bonds is 1. The summed E-state index contributed by atoms with van der Waals surface area (Å²) in [5.74, 6) is 2.98. The summed E-state index contributed by atoms with van der Waals surface area (Å²) in [6, 6.07) is 0. The zero-order chi connectivity index (χ0) is 9.05. The van der Waals surface area contributed by atoms with Gasteiger partial charge in [-0.2, -0.15) is 0 Å². The quantitative estimate of drug-likeness (QED) is 0.498. The normalized spacial score (nSPS) is 54.4. The van der Waals surface area contributed by atoms with E-state index in [-0.39, 0.29) is 29.6 Å². The summed E-state index contributed by atoms with van der Waals surface area (Å²) < 4.78 is 0. The molecule has 0 aliphatic heterocycles. The molecule has 4 rings (SSSR count). The molecule has 0 unspecified atom stereocenters. The van der Waals surface area contributed by atoms with Crippen molar-refractivity contribution >= 4 is 0 Å².